The van der Waals surface area contributed by atoms with Crippen LogP contribution in [-0.2, 0) is 45.1 Å². The third-order valence-electron chi connectivity index (χ3n) is 9.42. The van der Waals surface area contributed by atoms with Crippen molar-refractivity contribution in [2.24, 2.45) is 4.99 Å². The maximum atomic E-state index is 13.6. The maximum Gasteiger partial charge on any atom is 0.414 e. The Labute approximate surface area is 337 Å². The van der Waals surface area contributed by atoms with E-state index in [1.165, 1.54) is 0 Å². The minimum absolute atomic E-state index is 0.0105. The van der Waals surface area contributed by atoms with Crippen LogP contribution in [0.5, 0.6) is 0 Å². The topological polar surface area (TPSA) is 147 Å². The highest BCUT2D eigenvalue weighted by atomic mass is 16.6. The molecule has 0 aliphatic rings. The molecule has 58 heavy (non-hydrogen) atoms. The fraction of sp³-hybridized carbons (Fsp3) is 0.213. The van der Waals surface area contributed by atoms with Gasteiger partial charge in [-0.2, -0.15) is 0 Å². The normalized spacial score (nSPS) is 11.2. The number of hydrogen-bond donors (Lipinski definition) is 4. The standard InChI is InChI=1S/C47H47N5O6/c53-43(26-23-34-21-24-38-16-7-9-18-40(38)30-34)50-42(44(54)48-29-27-35-22-25-39-17-8-10-19-41(39)31-35)20-11-28-49-45(51-46(55)57-32-36-12-3-1-4-13-36)52-47(56)58-33-37-14-5-2-6-15-37/h1-10,12-19,21-22,24-25,30-31,42H,11,20,23,26-29,32-33H2,(H,48,54)(H,50,53)(H2,49,51,52,55,56)/t42-/m0/s1. The van der Waals surface area contributed by atoms with E-state index >= 15 is 0 Å². The fourth-order valence-corrected chi connectivity index (χ4v) is 6.34. The summed E-state index contributed by atoms with van der Waals surface area (Å²) in [5.41, 5.74) is 3.68. The van der Waals surface area contributed by atoms with Crippen molar-refractivity contribution in [1.82, 2.24) is 21.3 Å². The second kappa shape index (κ2) is 21.3. The highest BCUT2D eigenvalue weighted by Crippen LogP contribution is 2.18. The van der Waals surface area contributed by atoms with Gasteiger partial charge >= 0.3 is 12.2 Å². The van der Waals surface area contributed by atoms with Crippen molar-refractivity contribution in [3.63, 3.8) is 0 Å². The number of carbonyl (C=O) groups excluding carboxylic acids is 4. The Morgan fingerprint density at radius 1 is 0.552 bits per heavy atom. The first-order chi connectivity index (χ1) is 28.4. The summed E-state index contributed by atoms with van der Waals surface area (Å²) in [6.07, 6.45) is 0.257. The molecule has 0 fully saturated rings. The number of rotatable bonds is 16. The predicted molar refractivity (Wildman–Crippen MR) is 226 cm³/mol. The van der Waals surface area contributed by atoms with Crippen molar-refractivity contribution in [2.45, 2.75) is 51.4 Å². The van der Waals surface area contributed by atoms with Gasteiger partial charge in [0.1, 0.15) is 19.3 Å². The quantitative estimate of drug-likeness (QED) is 0.0449. The number of ether oxygens (including phenoxy) is 2. The fourth-order valence-electron chi connectivity index (χ4n) is 6.34. The van der Waals surface area contributed by atoms with E-state index in [4.69, 9.17) is 9.47 Å². The number of guanidine groups is 1. The molecule has 0 saturated heterocycles. The highest BCUT2D eigenvalue weighted by molar-refractivity contribution is 6.01. The van der Waals surface area contributed by atoms with Gasteiger partial charge < -0.3 is 20.1 Å². The van der Waals surface area contributed by atoms with E-state index in [9.17, 15) is 19.2 Å². The van der Waals surface area contributed by atoms with Crippen LogP contribution >= 0.6 is 0 Å². The lowest BCUT2D eigenvalue weighted by Gasteiger charge is -2.19. The van der Waals surface area contributed by atoms with Crippen molar-refractivity contribution in [1.29, 1.82) is 0 Å². The molecule has 296 valence electrons. The second-order valence-corrected chi connectivity index (χ2v) is 13.8. The van der Waals surface area contributed by atoms with Crippen LogP contribution in [0.4, 0.5) is 9.59 Å². The van der Waals surface area contributed by atoms with Crippen molar-refractivity contribution in [3.05, 3.63) is 168 Å². The number of aryl methyl sites for hydroxylation is 1. The molecule has 11 heteroatoms. The number of fused-ring (bicyclic) bond motifs is 2. The molecule has 0 bridgehead atoms. The lowest BCUT2D eigenvalue weighted by atomic mass is 10.0. The van der Waals surface area contributed by atoms with E-state index in [2.05, 4.69) is 56.6 Å². The van der Waals surface area contributed by atoms with Crippen molar-refractivity contribution in [3.8, 4) is 0 Å². The van der Waals surface area contributed by atoms with Crippen molar-refractivity contribution >= 4 is 51.5 Å². The average Bonchev–Trinajstić information content (AvgIpc) is 3.25. The van der Waals surface area contributed by atoms with Crippen LogP contribution in [0.1, 0.15) is 41.5 Å². The molecule has 0 saturated carbocycles. The van der Waals surface area contributed by atoms with Crippen LogP contribution in [0.3, 0.4) is 0 Å². The van der Waals surface area contributed by atoms with Gasteiger partial charge in [-0.1, -0.05) is 146 Å². The summed E-state index contributed by atoms with van der Waals surface area (Å²) in [5, 5.41) is 15.4. The molecule has 1 atom stereocenters. The van der Waals surface area contributed by atoms with Crippen LogP contribution in [0.2, 0.25) is 0 Å². The largest absolute Gasteiger partial charge is 0.444 e. The molecule has 11 nitrogen and oxygen atoms in total. The lowest BCUT2D eigenvalue weighted by molar-refractivity contribution is -0.129. The van der Waals surface area contributed by atoms with Gasteiger partial charge in [-0.3, -0.25) is 25.2 Å². The van der Waals surface area contributed by atoms with Crippen LogP contribution < -0.4 is 21.3 Å². The Hall–Kier alpha value is -7.01. The zero-order chi connectivity index (χ0) is 40.4. The van der Waals surface area contributed by atoms with Gasteiger partial charge in [-0.15, -0.1) is 0 Å². The first-order valence-corrected chi connectivity index (χ1v) is 19.4. The van der Waals surface area contributed by atoms with E-state index < -0.39 is 18.2 Å². The highest BCUT2D eigenvalue weighted by Gasteiger charge is 2.21. The number of nitrogens with zero attached hydrogens (tertiary/aromatic N) is 1. The molecule has 0 radical (unpaired) electrons. The molecular weight excluding hydrogens is 731 g/mol. The molecule has 6 aromatic rings. The molecule has 0 aliphatic carbocycles. The summed E-state index contributed by atoms with van der Waals surface area (Å²) in [6, 6.07) is 46.0. The van der Waals surface area contributed by atoms with Gasteiger partial charge in [-0.05, 0) is 69.5 Å². The molecule has 0 aromatic heterocycles. The van der Waals surface area contributed by atoms with Gasteiger partial charge in [0, 0.05) is 19.5 Å². The molecule has 6 rings (SSSR count). The third kappa shape index (κ3) is 13.0. The molecule has 0 spiro atoms. The molecule has 4 amide bonds. The first kappa shape index (κ1) is 40.6. The Balaban J connectivity index is 1.07. The summed E-state index contributed by atoms with van der Waals surface area (Å²) in [5.74, 6) is -0.737. The number of amides is 4. The summed E-state index contributed by atoms with van der Waals surface area (Å²) >= 11 is 0. The number of hydrogen-bond acceptors (Lipinski definition) is 7. The first-order valence-electron chi connectivity index (χ1n) is 19.4. The molecular formula is C47H47N5O6. The van der Waals surface area contributed by atoms with E-state index in [0.29, 0.717) is 25.8 Å². The number of aliphatic imine (C=N–C) groups is 1. The minimum atomic E-state index is -0.841. The van der Waals surface area contributed by atoms with Crippen LogP contribution in [0.15, 0.2) is 151 Å². The zero-order valence-electron chi connectivity index (χ0n) is 32.2. The molecule has 0 heterocycles. The Bertz CT molecular complexity index is 2270. The Kier molecular flexibility index (Phi) is 15.0. The summed E-state index contributed by atoms with van der Waals surface area (Å²) < 4.78 is 10.7. The smallest absolute Gasteiger partial charge is 0.414 e. The minimum Gasteiger partial charge on any atom is -0.444 e. The number of benzene rings is 6. The third-order valence-corrected chi connectivity index (χ3v) is 9.42. The van der Waals surface area contributed by atoms with E-state index in [0.717, 1.165) is 43.8 Å². The van der Waals surface area contributed by atoms with Gasteiger partial charge in [0.2, 0.25) is 17.8 Å². The summed E-state index contributed by atoms with van der Waals surface area (Å²) in [6.45, 7) is 0.501. The number of alkyl carbamates (subject to hydrolysis) is 2. The second-order valence-electron chi connectivity index (χ2n) is 13.8. The summed E-state index contributed by atoms with van der Waals surface area (Å²) in [7, 11) is 0. The van der Waals surface area contributed by atoms with Crippen molar-refractivity contribution in [2.75, 3.05) is 13.1 Å². The van der Waals surface area contributed by atoms with Crippen LogP contribution in [0, 0.1) is 0 Å². The molecule has 0 unspecified atom stereocenters. The van der Waals surface area contributed by atoms with E-state index in [-0.39, 0.29) is 50.4 Å². The number of carbonyl (C=O) groups is 4. The lowest BCUT2D eigenvalue weighted by Crippen LogP contribution is -2.47. The van der Waals surface area contributed by atoms with Crippen LogP contribution in [0.25, 0.3) is 21.5 Å². The maximum absolute atomic E-state index is 13.6. The Morgan fingerprint density at radius 2 is 1.05 bits per heavy atom. The number of nitrogens with one attached hydrogen (secondary N) is 4. The predicted octanol–water partition coefficient (Wildman–Crippen LogP) is 7.76. The SMILES string of the molecule is O=C(CCc1ccc2ccccc2c1)N[C@@H](CCCN=C(NC(=O)OCc1ccccc1)NC(=O)OCc1ccccc1)C(=O)NCCc1ccc2ccccc2c1. The summed E-state index contributed by atoms with van der Waals surface area (Å²) in [4.78, 5) is 56.7. The van der Waals surface area contributed by atoms with Crippen LogP contribution in [-0.4, -0.2) is 49.1 Å². The van der Waals surface area contributed by atoms with Gasteiger partial charge in [-0.25, -0.2) is 9.59 Å². The monoisotopic (exact) mass is 777 g/mol. The molecule has 6 aromatic carbocycles. The van der Waals surface area contributed by atoms with Gasteiger partial charge in [0.15, 0.2) is 0 Å². The van der Waals surface area contributed by atoms with E-state index in [1.54, 1.807) is 0 Å². The van der Waals surface area contributed by atoms with Gasteiger partial charge in [0.25, 0.3) is 0 Å². The molecule has 0 aliphatic heterocycles. The van der Waals surface area contributed by atoms with Crippen molar-refractivity contribution < 1.29 is 28.7 Å². The van der Waals surface area contributed by atoms with Gasteiger partial charge in [0.05, 0.1) is 0 Å². The average molecular weight is 778 g/mol. The zero-order valence-corrected chi connectivity index (χ0v) is 32.2. The molecule has 4 N–H and O–H groups in total. The Morgan fingerprint density at radius 3 is 1.60 bits per heavy atom. The van der Waals surface area contributed by atoms with E-state index in [1.807, 2.05) is 115 Å².